The van der Waals surface area contributed by atoms with E-state index in [4.69, 9.17) is 15.2 Å². The van der Waals surface area contributed by atoms with E-state index in [9.17, 15) is 18.0 Å². The van der Waals surface area contributed by atoms with Crippen LogP contribution in [-0.4, -0.2) is 69.8 Å². The Morgan fingerprint density at radius 1 is 1.03 bits per heavy atom. The number of methoxy groups -OCH3 is 2. The summed E-state index contributed by atoms with van der Waals surface area (Å²) < 4.78 is 38.4. The average molecular weight is 440 g/mol. The standard InChI is InChI=1S/C20H29N3O6S/c1-28-16-5-6-17(29-2)18(12-16)30(26,27)23-9-3-4-15(13-23)20(25)22-10-7-14(8-11-22)19(21)24/h5-6,12,14-15H,3-4,7-11,13H2,1-2H3,(H2,21,24)/t15-/m1/s1. The molecule has 0 bridgehead atoms. The van der Waals surface area contributed by atoms with E-state index in [-0.39, 0.29) is 34.9 Å². The molecule has 1 aromatic rings. The lowest BCUT2D eigenvalue weighted by Gasteiger charge is -2.37. The third-order valence-electron chi connectivity index (χ3n) is 5.93. The number of likely N-dealkylation sites (tertiary alicyclic amines) is 1. The Labute approximate surface area is 177 Å². The minimum absolute atomic E-state index is 0.0275. The van der Waals surface area contributed by atoms with E-state index in [0.29, 0.717) is 51.1 Å². The number of nitrogens with two attached hydrogens (primary N) is 1. The second-order valence-corrected chi connectivity index (χ2v) is 9.63. The second kappa shape index (κ2) is 9.22. The van der Waals surface area contributed by atoms with Crippen molar-refractivity contribution in [2.45, 2.75) is 30.6 Å². The van der Waals surface area contributed by atoms with Crippen LogP contribution in [0.5, 0.6) is 11.5 Å². The number of amides is 2. The number of carbonyl (C=O) groups excluding carboxylic acids is 2. The second-order valence-electron chi connectivity index (χ2n) is 7.72. The third-order valence-corrected chi connectivity index (χ3v) is 7.82. The highest BCUT2D eigenvalue weighted by molar-refractivity contribution is 7.89. The number of nitrogens with zero attached hydrogens (tertiary/aromatic N) is 2. The van der Waals surface area contributed by atoms with Gasteiger partial charge in [0.25, 0.3) is 0 Å². The third kappa shape index (κ3) is 4.54. The molecule has 0 saturated carbocycles. The van der Waals surface area contributed by atoms with Crippen molar-refractivity contribution < 1.29 is 27.5 Å². The molecule has 0 unspecified atom stereocenters. The largest absolute Gasteiger partial charge is 0.497 e. The Kier molecular flexibility index (Phi) is 6.87. The maximum Gasteiger partial charge on any atom is 0.246 e. The lowest BCUT2D eigenvalue weighted by molar-refractivity contribution is -0.139. The summed E-state index contributed by atoms with van der Waals surface area (Å²) in [5, 5.41) is 0. The van der Waals surface area contributed by atoms with Crippen LogP contribution in [0.25, 0.3) is 0 Å². The maximum atomic E-state index is 13.3. The summed E-state index contributed by atoms with van der Waals surface area (Å²) >= 11 is 0. The molecule has 0 radical (unpaired) electrons. The van der Waals surface area contributed by atoms with Gasteiger partial charge in [-0.25, -0.2) is 8.42 Å². The number of rotatable bonds is 6. The molecule has 0 aliphatic carbocycles. The first-order valence-electron chi connectivity index (χ1n) is 10.1. The van der Waals surface area contributed by atoms with E-state index < -0.39 is 15.9 Å². The molecule has 1 atom stereocenters. The van der Waals surface area contributed by atoms with Crippen LogP contribution in [0.4, 0.5) is 0 Å². The zero-order chi connectivity index (χ0) is 21.9. The van der Waals surface area contributed by atoms with Crippen molar-refractivity contribution in [3.8, 4) is 11.5 Å². The van der Waals surface area contributed by atoms with Crippen LogP contribution in [0, 0.1) is 11.8 Å². The van der Waals surface area contributed by atoms with Gasteiger partial charge >= 0.3 is 0 Å². The highest BCUT2D eigenvalue weighted by Gasteiger charge is 2.37. The molecule has 166 valence electrons. The zero-order valence-electron chi connectivity index (χ0n) is 17.4. The van der Waals surface area contributed by atoms with Crippen LogP contribution in [0.1, 0.15) is 25.7 Å². The highest BCUT2D eigenvalue weighted by Crippen LogP contribution is 2.33. The molecule has 2 fully saturated rings. The summed E-state index contributed by atoms with van der Waals surface area (Å²) in [5.41, 5.74) is 5.36. The van der Waals surface area contributed by atoms with E-state index in [1.165, 1.54) is 24.6 Å². The molecule has 2 amide bonds. The minimum atomic E-state index is -3.86. The number of hydrogen-bond donors (Lipinski definition) is 1. The average Bonchev–Trinajstić information content (AvgIpc) is 2.78. The van der Waals surface area contributed by atoms with Gasteiger partial charge in [-0.3, -0.25) is 9.59 Å². The molecule has 2 aliphatic rings. The van der Waals surface area contributed by atoms with Gasteiger partial charge in [-0.15, -0.1) is 0 Å². The van der Waals surface area contributed by atoms with Crippen molar-refractivity contribution in [3.05, 3.63) is 18.2 Å². The first-order valence-corrected chi connectivity index (χ1v) is 11.5. The SMILES string of the molecule is COc1ccc(OC)c(S(=O)(=O)N2CCC[C@@H](C(=O)N3CCC(C(N)=O)CC3)C2)c1. The van der Waals surface area contributed by atoms with Gasteiger partial charge in [-0.1, -0.05) is 0 Å². The molecular weight excluding hydrogens is 410 g/mol. The van der Waals surface area contributed by atoms with Crippen molar-refractivity contribution in [1.29, 1.82) is 0 Å². The number of hydrogen-bond acceptors (Lipinski definition) is 6. The lowest BCUT2D eigenvalue weighted by atomic mass is 9.93. The van der Waals surface area contributed by atoms with Crippen molar-refractivity contribution in [2.24, 2.45) is 17.6 Å². The molecule has 2 aliphatic heterocycles. The van der Waals surface area contributed by atoms with Crippen LogP contribution in [0.3, 0.4) is 0 Å². The smallest absolute Gasteiger partial charge is 0.246 e. The normalized spacial score (nSPS) is 21.3. The van der Waals surface area contributed by atoms with E-state index in [0.717, 1.165) is 0 Å². The van der Waals surface area contributed by atoms with Crippen LogP contribution in [-0.2, 0) is 19.6 Å². The van der Waals surface area contributed by atoms with Crippen LogP contribution >= 0.6 is 0 Å². The van der Waals surface area contributed by atoms with Gasteiger partial charge in [-0.05, 0) is 37.8 Å². The van der Waals surface area contributed by atoms with Gasteiger partial charge < -0.3 is 20.1 Å². The molecule has 2 saturated heterocycles. The fraction of sp³-hybridized carbons (Fsp3) is 0.600. The van der Waals surface area contributed by atoms with Crippen molar-refractivity contribution in [1.82, 2.24) is 9.21 Å². The van der Waals surface area contributed by atoms with Gasteiger partial charge in [0.05, 0.1) is 20.1 Å². The summed E-state index contributed by atoms with van der Waals surface area (Å²) in [5.74, 6) is -0.345. The van der Waals surface area contributed by atoms with Gasteiger partial charge in [0, 0.05) is 38.2 Å². The number of primary amides is 1. The minimum Gasteiger partial charge on any atom is -0.497 e. The number of piperidine rings is 2. The van der Waals surface area contributed by atoms with Crippen molar-refractivity contribution in [2.75, 3.05) is 40.4 Å². The number of sulfonamides is 1. The summed E-state index contributed by atoms with van der Waals surface area (Å²) in [6.45, 7) is 1.41. The Bertz CT molecular complexity index is 896. The number of ether oxygens (including phenoxy) is 2. The van der Waals surface area contributed by atoms with Crippen molar-refractivity contribution >= 4 is 21.8 Å². The van der Waals surface area contributed by atoms with Gasteiger partial charge in [-0.2, -0.15) is 4.31 Å². The molecular formula is C20H29N3O6S. The van der Waals surface area contributed by atoms with E-state index in [1.807, 2.05) is 0 Å². The number of carbonyl (C=O) groups is 2. The van der Waals surface area contributed by atoms with E-state index in [2.05, 4.69) is 0 Å². The predicted octanol–water partition coefficient (Wildman–Crippen LogP) is 0.828. The quantitative estimate of drug-likeness (QED) is 0.701. The first kappa shape index (κ1) is 22.4. The Balaban J connectivity index is 1.74. The number of benzene rings is 1. The van der Waals surface area contributed by atoms with E-state index in [1.54, 1.807) is 17.0 Å². The molecule has 30 heavy (non-hydrogen) atoms. The summed E-state index contributed by atoms with van der Waals surface area (Å²) in [6.07, 6.45) is 2.34. The van der Waals surface area contributed by atoms with Gasteiger partial charge in [0.1, 0.15) is 16.4 Å². The summed E-state index contributed by atoms with van der Waals surface area (Å²) in [4.78, 5) is 26.1. The molecule has 0 spiro atoms. The van der Waals surface area contributed by atoms with Crippen LogP contribution in [0.15, 0.2) is 23.1 Å². The zero-order valence-corrected chi connectivity index (χ0v) is 18.2. The fourth-order valence-electron chi connectivity index (χ4n) is 4.13. The summed E-state index contributed by atoms with van der Waals surface area (Å²) in [7, 11) is -0.975. The lowest BCUT2D eigenvalue weighted by Crippen LogP contribution is -2.49. The highest BCUT2D eigenvalue weighted by atomic mass is 32.2. The molecule has 9 nitrogen and oxygen atoms in total. The maximum absolute atomic E-state index is 13.3. The predicted molar refractivity (Wildman–Crippen MR) is 110 cm³/mol. The Morgan fingerprint density at radius 3 is 2.33 bits per heavy atom. The van der Waals surface area contributed by atoms with Crippen molar-refractivity contribution in [3.63, 3.8) is 0 Å². The molecule has 1 aromatic carbocycles. The molecule has 0 aromatic heterocycles. The summed E-state index contributed by atoms with van der Waals surface area (Å²) in [6, 6.07) is 4.63. The fourth-order valence-corrected chi connectivity index (χ4v) is 5.82. The molecule has 3 rings (SSSR count). The topological polar surface area (TPSA) is 119 Å². The monoisotopic (exact) mass is 439 g/mol. The molecule has 2 heterocycles. The first-order chi connectivity index (χ1) is 14.3. The van der Waals surface area contributed by atoms with Gasteiger partial charge in [0.15, 0.2) is 0 Å². The molecule has 2 N–H and O–H groups in total. The Morgan fingerprint density at radius 2 is 1.73 bits per heavy atom. The Hall–Kier alpha value is -2.33. The van der Waals surface area contributed by atoms with Crippen LogP contribution in [0.2, 0.25) is 0 Å². The molecule has 10 heteroatoms. The van der Waals surface area contributed by atoms with Gasteiger partial charge in [0.2, 0.25) is 21.8 Å². The van der Waals surface area contributed by atoms with Crippen LogP contribution < -0.4 is 15.2 Å². The van der Waals surface area contributed by atoms with E-state index >= 15 is 0 Å².